The molecular formula is C13H16N2O3. The van der Waals surface area contributed by atoms with Gasteiger partial charge in [-0.2, -0.15) is 4.98 Å². The lowest BCUT2D eigenvalue weighted by atomic mass is 10.1. The van der Waals surface area contributed by atoms with Crippen molar-refractivity contribution < 1.29 is 14.4 Å². The maximum atomic E-state index is 9.64. The first-order valence-electron chi connectivity index (χ1n) is 5.85. The average molecular weight is 248 g/mol. The van der Waals surface area contributed by atoms with Crippen molar-refractivity contribution in [2.75, 3.05) is 7.11 Å². The van der Waals surface area contributed by atoms with E-state index in [9.17, 15) is 5.11 Å². The van der Waals surface area contributed by atoms with Crippen LogP contribution in [-0.2, 0) is 4.74 Å². The summed E-state index contributed by atoms with van der Waals surface area (Å²) in [6.07, 6.45) is -0.561. The van der Waals surface area contributed by atoms with Gasteiger partial charge >= 0.3 is 0 Å². The second kappa shape index (κ2) is 5.75. The molecule has 0 spiro atoms. The quantitative estimate of drug-likeness (QED) is 0.878. The van der Waals surface area contributed by atoms with Crippen LogP contribution < -0.4 is 0 Å². The Hall–Kier alpha value is -1.72. The number of nitrogens with zero attached hydrogens (tertiary/aromatic N) is 2. The highest BCUT2D eigenvalue weighted by Crippen LogP contribution is 2.25. The van der Waals surface area contributed by atoms with Crippen LogP contribution >= 0.6 is 0 Å². The highest BCUT2D eigenvalue weighted by molar-refractivity contribution is 5.22. The molecule has 0 aliphatic carbocycles. The van der Waals surface area contributed by atoms with Crippen molar-refractivity contribution in [1.29, 1.82) is 0 Å². The van der Waals surface area contributed by atoms with Gasteiger partial charge in [-0.05, 0) is 12.0 Å². The van der Waals surface area contributed by atoms with E-state index in [1.54, 1.807) is 7.11 Å². The Labute approximate surface area is 105 Å². The number of ether oxygens (including phenoxy) is 1. The fourth-order valence-electron chi connectivity index (χ4n) is 1.68. The standard InChI is InChI=1S/C13H16N2O3/c1-3-10(16)12-14-13(18-15-12)11(17-2)9-7-5-4-6-8-9/h4-8,10-11,16H,3H2,1-2H3. The van der Waals surface area contributed by atoms with E-state index >= 15 is 0 Å². The number of aliphatic hydroxyl groups excluding tert-OH is 1. The molecule has 0 saturated heterocycles. The van der Waals surface area contributed by atoms with Crippen LogP contribution in [0.1, 0.15) is 42.8 Å². The zero-order valence-corrected chi connectivity index (χ0v) is 10.4. The molecule has 0 aliphatic heterocycles. The van der Waals surface area contributed by atoms with Crippen LogP contribution in [0.15, 0.2) is 34.9 Å². The first kappa shape index (κ1) is 12.7. The highest BCUT2D eigenvalue weighted by Gasteiger charge is 2.22. The number of rotatable bonds is 5. The minimum Gasteiger partial charge on any atom is -0.385 e. The minimum atomic E-state index is -0.698. The number of hydrogen-bond donors (Lipinski definition) is 1. The van der Waals surface area contributed by atoms with E-state index in [1.807, 2.05) is 37.3 Å². The molecule has 2 atom stereocenters. The molecule has 5 heteroatoms. The van der Waals surface area contributed by atoms with E-state index in [1.165, 1.54) is 0 Å². The lowest BCUT2D eigenvalue weighted by molar-refractivity contribution is 0.105. The van der Waals surface area contributed by atoms with Crippen molar-refractivity contribution in [3.8, 4) is 0 Å². The maximum Gasteiger partial charge on any atom is 0.260 e. The summed E-state index contributed by atoms with van der Waals surface area (Å²) in [5.41, 5.74) is 0.932. The summed E-state index contributed by atoms with van der Waals surface area (Å²) in [6.45, 7) is 1.85. The Morgan fingerprint density at radius 1 is 1.33 bits per heavy atom. The fourth-order valence-corrected chi connectivity index (χ4v) is 1.68. The third-order valence-corrected chi connectivity index (χ3v) is 2.70. The molecule has 0 amide bonds. The number of hydrogen-bond acceptors (Lipinski definition) is 5. The maximum absolute atomic E-state index is 9.64. The summed E-state index contributed by atoms with van der Waals surface area (Å²) in [7, 11) is 1.58. The molecule has 2 aromatic rings. The SMILES string of the molecule is CCC(O)c1noc(C(OC)c2ccccc2)n1. The summed E-state index contributed by atoms with van der Waals surface area (Å²) in [5, 5.41) is 13.4. The highest BCUT2D eigenvalue weighted by atomic mass is 16.5. The van der Waals surface area contributed by atoms with E-state index in [2.05, 4.69) is 10.1 Å². The third-order valence-electron chi connectivity index (χ3n) is 2.70. The summed E-state index contributed by atoms with van der Waals surface area (Å²) >= 11 is 0. The third kappa shape index (κ3) is 2.57. The number of benzene rings is 1. The van der Waals surface area contributed by atoms with Gasteiger partial charge < -0.3 is 14.4 Å². The van der Waals surface area contributed by atoms with Gasteiger partial charge in [0.2, 0.25) is 0 Å². The Kier molecular flexibility index (Phi) is 4.07. The van der Waals surface area contributed by atoms with Gasteiger partial charge in [0.05, 0.1) is 0 Å². The Bertz CT molecular complexity index is 484. The van der Waals surface area contributed by atoms with Crippen LogP contribution in [0.5, 0.6) is 0 Å². The monoisotopic (exact) mass is 248 g/mol. The number of aliphatic hydroxyl groups is 1. The summed E-state index contributed by atoms with van der Waals surface area (Å²) in [6, 6.07) is 9.61. The summed E-state index contributed by atoms with van der Waals surface area (Å²) in [5.74, 6) is 0.650. The van der Waals surface area contributed by atoms with Gasteiger partial charge in [0, 0.05) is 7.11 Å². The number of aromatic nitrogens is 2. The summed E-state index contributed by atoms with van der Waals surface area (Å²) in [4.78, 5) is 4.18. The molecule has 2 unspecified atom stereocenters. The van der Waals surface area contributed by atoms with Crippen molar-refractivity contribution in [2.45, 2.75) is 25.6 Å². The predicted molar refractivity (Wildman–Crippen MR) is 64.8 cm³/mol. The Morgan fingerprint density at radius 3 is 2.67 bits per heavy atom. The molecule has 1 heterocycles. The molecule has 5 nitrogen and oxygen atoms in total. The van der Waals surface area contributed by atoms with Gasteiger partial charge in [-0.3, -0.25) is 0 Å². The molecule has 2 rings (SSSR count). The molecule has 0 radical (unpaired) electrons. The largest absolute Gasteiger partial charge is 0.385 e. The molecule has 0 fully saturated rings. The van der Waals surface area contributed by atoms with Crippen LogP contribution in [0.2, 0.25) is 0 Å². The van der Waals surface area contributed by atoms with Gasteiger partial charge in [0.25, 0.3) is 5.89 Å². The molecule has 0 saturated carbocycles. The van der Waals surface area contributed by atoms with Crippen LogP contribution in [-0.4, -0.2) is 22.4 Å². The van der Waals surface area contributed by atoms with Crippen LogP contribution in [0.25, 0.3) is 0 Å². The first-order valence-corrected chi connectivity index (χ1v) is 5.85. The molecular weight excluding hydrogens is 232 g/mol. The lowest BCUT2D eigenvalue weighted by Crippen LogP contribution is -2.04. The smallest absolute Gasteiger partial charge is 0.260 e. The van der Waals surface area contributed by atoms with Crippen LogP contribution in [0.3, 0.4) is 0 Å². The van der Waals surface area contributed by atoms with Gasteiger partial charge in [-0.15, -0.1) is 0 Å². The van der Waals surface area contributed by atoms with E-state index < -0.39 is 12.2 Å². The Balaban J connectivity index is 2.26. The van der Waals surface area contributed by atoms with E-state index in [4.69, 9.17) is 9.26 Å². The van der Waals surface area contributed by atoms with Crippen molar-refractivity contribution in [3.05, 3.63) is 47.6 Å². The topological polar surface area (TPSA) is 68.4 Å². The lowest BCUT2D eigenvalue weighted by Gasteiger charge is -2.10. The molecule has 96 valence electrons. The molecule has 1 aromatic carbocycles. The van der Waals surface area contributed by atoms with Gasteiger partial charge in [0.15, 0.2) is 11.9 Å². The van der Waals surface area contributed by atoms with Gasteiger partial charge in [0.1, 0.15) is 6.10 Å². The van der Waals surface area contributed by atoms with Crippen molar-refractivity contribution >= 4 is 0 Å². The van der Waals surface area contributed by atoms with E-state index in [-0.39, 0.29) is 0 Å². The molecule has 0 aliphatic rings. The zero-order valence-electron chi connectivity index (χ0n) is 10.4. The Morgan fingerprint density at radius 2 is 2.06 bits per heavy atom. The van der Waals surface area contributed by atoms with Crippen LogP contribution in [0.4, 0.5) is 0 Å². The van der Waals surface area contributed by atoms with Crippen molar-refractivity contribution in [2.24, 2.45) is 0 Å². The van der Waals surface area contributed by atoms with E-state index in [0.717, 1.165) is 5.56 Å². The molecule has 1 N–H and O–H groups in total. The average Bonchev–Trinajstić information content (AvgIpc) is 2.89. The fraction of sp³-hybridized carbons (Fsp3) is 0.385. The molecule has 18 heavy (non-hydrogen) atoms. The van der Waals surface area contributed by atoms with Crippen molar-refractivity contribution in [3.63, 3.8) is 0 Å². The predicted octanol–water partition coefficient (Wildman–Crippen LogP) is 2.25. The minimum absolute atomic E-state index is 0.297. The normalized spacial score (nSPS) is 14.4. The van der Waals surface area contributed by atoms with E-state index in [0.29, 0.717) is 18.1 Å². The molecule has 0 bridgehead atoms. The second-order valence-corrected chi connectivity index (χ2v) is 3.94. The van der Waals surface area contributed by atoms with Crippen molar-refractivity contribution in [1.82, 2.24) is 10.1 Å². The van der Waals surface area contributed by atoms with Gasteiger partial charge in [-0.25, -0.2) is 0 Å². The van der Waals surface area contributed by atoms with Crippen LogP contribution in [0, 0.1) is 0 Å². The zero-order chi connectivity index (χ0) is 13.0. The second-order valence-electron chi connectivity index (χ2n) is 3.94. The molecule has 1 aromatic heterocycles. The number of methoxy groups -OCH3 is 1. The summed E-state index contributed by atoms with van der Waals surface area (Å²) < 4.78 is 10.5. The van der Waals surface area contributed by atoms with Gasteiger partial charge in [-0.1, -0.05) is 42.4 Å². The first-order chi connectivity index (χ1) is 8.76.